The van der Waals surface area contributed by atoms with Crippen molar-refractivity contribution in [3.8, 4) is 11.5 Å². The molecule has 2 aromatic carbocycles. The van der Waals surface area contributed by atoms with Crippen molar-refractivity contribution >= 4 is 29.9 Å². The molecule has 9 heteroatoms. The Morgan fingerprint density at radius 2 is 1.82 bits per heavy atom. The predicted octanol–water partition coefficient (Wildman–Crippen LogP) is 3.21. The summed E-state index contributed by atoms with van der Waals surface area (Å²) in [4.78, 5) is 4.78. The molecule has 3 aromatic rings. The first-order chi connectivity index (χ1) is 15.8. The van der Waals surface area contributed by atoms with E-state index < -0.39 is 0 Å². The van der Waals surface area contributed by atoms with Crippen LogP contribution < -0.4 is 20.1 Å². The number of hydrogen-bond donors (Lipinski definition) is 2. The lowest BCUT2D eigenvalue weighted by Crippen LogP contribution is -2.40. The summed E-state index contributed by atoms with van der Waals surface area (Å²) in [5.41, 5.74) is 2.48. The molecule has 176 valence electrons. The highest BCUT2D eigenvalue weighted by atomic mass is 127. The first-order valence-electron chi connectivity index (χ1n) is 11.1. The molecule has 1 aliphatic heterocycles. The van der Waals surface area contributed by atoms with Gasteiger partial charge in [-0.3, -0.25) is 4.99 Å². The Morgan fingerprint density at radius 1 is 1.00 bits per heavy atom. The van der Waals surface area contributed by atoms with E-state index in [4.69, 9.17) is 14.5 Å². The topological polar surface area (TPSA) is 85.6 Å². The van der Waals surface area contributed by atoms with Crippen LogP contribution in [0.2, 0.25) is 0 Å². The fourth-order valence-electron chi connectivity index (χ4n) is 3.57. The summed E-state index contributed by atoms with van der Waals surface area (Å²) >= 11 is 0. The van der Waals surface area contributed by atoms with Gasteiger partial charge in [0.05, 0.1) is 0 Å². The van der Waals surface area contributed by atoms with E-state index in [1.165, 1.54) is 11.1 Å². The summed E-state index contributed by atoms with van der Waals surface area (Å²) in [5, 5.41) is 15.0. The number of ether oxygens (including phenoxy) is 2. The number of nitrogens with one attached hydrogen (secondary N) is 2. The smallest absolute Gasteiger partial charge is 0.231 e. The number of nitrogens with zero attached hydrogens (tertiary/aromatic N) is 4. The number of halogens is 1. The monoisotopic (exact) mass is 562 g/mol. The third-order valence-electron chi connectivity index (χ3n) is 5.31. The van der Waals surface area contributed by atoms with Crippen LogP contribution in [-0.2, 0) is 25.8 Å². The number of aliphatic imine (C=N–C) groups is 1. The molecule has 0 spiro atoms. The van der Waals surface area contributed by atoms with Gasteiger partial charge in [0, 0.05) is 32.6 Å². The molecule has 0 atom stereocenters. The molecule has 8 nitrogen and oxygen atoms in total. The van der Waals surface area contributed by atoms with Crippen molar-refractivity contribution < 1.29 is 9.47 Å². The standard InChI is InChI=1S/C24H30N6O2.HI/c1-2-23-29-28-17-30(23)15-14-27-24(25-12-10-19-6-4-3-5-7-19)26-13-11-20-8-9-21-22(16-20)32-18-31-21;/h3-9,16-17H,2,10-15,18H2,1H3,(H2,25,26,27);1H. The molecular weight excluding hydrogens is 531 g/mol. The fraction of sp³-hybridized carbons (Fsp3) is 0.375. The Labute approximate surface area is 211 Å². The molecule has 0 aliphatic carbocycles. The highest BCUT2D eigenvalue weighted by molar-refractivity contribution is 14.0. The lowest BCUT2D eigenvalue weighted by Gasteiger charge is -2.14. The van der Waals surface area contributed by atoms with E-state index in [0.29, 0.717) is 6.79 Å². The number of hydrogen-bond acceptors (Lipinski definition) is 5. The first kappa shape index (κ1) is 24.8. The van der Waals surface area contributed by atoms with E-state index in [1.54, 1.807) is 6.33 Å². The Balaban J connectivity index is 0.00000306. The van der Waals surface area contributed by atoms with Gasteiger partial charge in [0.15, 0.2) is 17.5 Å². The van der Waals surface area contributed by atoms with Gasteiger partial charge in [-0.05, 0) is 36.1 Å². The van der Waals surface area contributed by atoms with Gasteiger partial charge >= 0.3 is 0 Å². The Hall–Kier alpha value is -2.82. The van der Waals surface area contributed by atoms with Crippen molar-refractivity contribution in [3.63, 3.8) is 0 Å². The van der Waals surface area contributed by atoms with Gasteiger partial charge < -0.3 is 24.7 Å². The van der Waals surface area contributed by atoms with Crippen LogP contribution in [0.3, 0.4) is 0 Å². The van der Waals surface area contributed by atoms with Gasteiger partial charge in [-0.1, -0.05) is 43.3 Å². The molecule has 0 unspecified atom stereocenters. The van der Waals surface area contributed by atoms with Crippen LogP contribution in [0.1, 0.15) is 23.9 Å². The highest BCUT2D eigenvalue weighted by Crippen LogP contribution is 2.32. The Kier molecular flexibility index (Phi) is 9.79. The summed E-state index contributed by atoms with van der Waals surface area (Å²) in [6.45, 7) is 5.40. The normalized spacial score (nSPS) is 12.3. The average molecular weight is 562 g/mol. The first-order valence-corrected chi connectivity index (χ1v) is 11.1. The van der Waals surface area contributed by atoms with Gasteiger partial charge in [-0.2, -0.15) is 0 Å². The highest BCUT2D eigenvalue weighted by Gasteiger charge is 2.13. The number of benzene rings is 2. The van der Waals surface area contributed by atoms with Crippen molar-refractivity contribution in [3.05, 3.63) is 71.8 Å². The molecule has 1 aliphatic rings. The third kappa shape index (κ3) is 7.34. The zero-order valence-electron chi connectivity index (χ0n) is 18.9. The number of aromatic nitrogens is 3. The SMILES string of the molecule is CCc1nncn1CCNC(=NCCc1ccccc1)NCCc1ccc2c(c1)OCO2.I. The van der Waals surface area contributed by atoms with Crippen LogP contribution >= 0.6 is 24.0 Å². The van der Waals surface area contributed by atoms with Crippen molar-refractivity contribution in [2.75, 3.05) is 26.4 Å². The molecule has 0 saturated carbocycles. The minimum atomic E-state index is 0. The van der Waals surface area contributed by atoms with E-state index >= 15 is 0 Å². The molecular formula is C24H31IN6O2. The maximum Gasteiger partial charge on any atom is 0.231 e. The van der Waals surface area contributed by atoms with Crippen LogP contribution in [-0.4, -0.2) is 47.2 Å². The maximum absolute atomic E-state index is 5.48. The van der Waals surface area contributed by atoms with E-state index in [-0.39, 0.29) is 24.0 Å². The molecule has 33 heavy (non-hydrogen) atoms. The van der Waals surface area contributed by atoms with Crippen molar-refractivity contribution in [1.29, 1.82) is 0 Å². The summed E-state index contributed by atoms with van der Waals surface area (Å²) < 4.78 is 12.9. The third-order valence-corrected chi connectivity index (χ3v) is 5.31. The number of fused-ring (bicyclic) bond motifs is 1. The molecule has 2 heterocycles. The van der Waals surface area contributed by atoms with Gasteiger partial charge in [0.25, 0.3) is 0 Å². The van der Waals surface area contributed by atoms with Gasteiger partial charge in [-0.25, -0.2) is 0 Å². The maximum atomic E-state index is 5.48. The number of guanidine groups is 1. The zero-order chi connectivity index (χ0) is 22.0. The van der Waals surface area contributed by atoms with Crippen LogP contribution in [0.25, 0.3) is 0 Å². The second-order valence-electron chi connectivity index (χ2n) is 7.55. The Bertz CT molecular complexity index is 1020. The summed E-state index contributed by atoms with van der Waals surface area (Å²) in [6, 6.07) is 16.5. The van der Waals surface area contributed by atoms with Gasteiger partial charge in [0.1, 0.15) is 12.2 Å². The molecule has 1 aromatic heterocycles. The second-order valence-corrected chi connectivity index (χ2v) is 7.55. The van der Waals surface area contributed by atoms with Crippen LogP contribution in [0.15, 0.2) is 59.9 Å². The number of rotatable bonds is 10. The molecule has 0 radical (unpaired) electrons. The average Bonchev–Trinajstić information content (AvgIpc) is 3.48. The van der Waals surface area contributed by atoms with Crippen LogP contribution in [0.5, 0.6) is 11.5 Å². The summed E-state index contributed by atoms with van der Waals surface area (Å²) in [5.74, 6) is 3.43. The largest absolute Gasteiger partial charge is 0.454 e. The predicted molar refractivity (Wildman–Crippen MR) is 140 cm³/mol. The van der Waals surface area contributed by atoms with Crippen LogP contribution in [0, 0.1) is 0 Å². The summed E-state index contributed by atoms with van der Waals surface area (Å²) in [6.07, 6.45) is 4.41. The molecule has 0 fully saturated rings. The zero-order valence-corrected chi connectivity index (χ0v) is 21.2. The molecule has 2 N–H and O–H groups in total. The summed E-state index contributed by atoms with van der Waals surface area (Å²) in [7, 11) is 0. The van der Waals surface area contributed by atoms with Crippen molar-refractivity contribution in [1.82, 2.24) is 25.4 Å². The van der Waals surface area contributed by atoms with Crippen molar-refractivity contribution in [2.24, 2.45) is 4.99 Å². The van der Waals surface area contributed by atoms with E-state index in [0.717, 1.165) is 68.7 Å². The Morgan fingerprint density at radius 3 is 2.67 bits per heavy atom. The molecule has 0 amide bonds. The van der Waals surface area contributed by atoms with E-state index in [2.05, 4.69) is 62.7 Å². The number of aryl methyl sites for hydroxylation is 1. The minimum Gasteiger partial charge on any atom is -0.454 e. The lowest BCUT2D eigenvalue weighted by molar-refractivity contribution is 0.174. The minimum absolute atomic E-state index is 0. The van der Waals surface area contributed by atoms with Crippen LogP contribution in [0.4, 0.5) is 0 Å². The van der Waals surface area contributed by atoms with Crippen molar-refractivity contribution in [2.45, 2.75) is 32.7 Å². The fourth-order valence-corrected chi connectivity index (χ4v) is 3.57. The molecule has 0 bridgehead atoms. The van der Waals surface area contributed by atoms with Gasteiger partial charge in [0.2, 0.25) is 6.79 Å². The quantitative estimate of drug-likeness (QED) is 0.224. The lowest BCUT2D eigenvalue weighted by atomic mass is 10.1. The van der Waals surface area contributed by atoms with E-state index in [9.17, 15) is 0 Å². The van der Waals surface area contributed by atoms with E-state index in [1.807, 2.05) is 18.2 Å². The molecule has 4 rings (SSSR count). The van der Waals surface area contributed by atoms with Gasteiger partial charge in [-0.15, -0.1) is 34.2 Å². The second kappa shape index (κ2) is 13.0. The molecule has 0 saturated heterocycles.